The predicted molar refractivity (Wildman–Crippen MR) is 55.2 cm³/mol. The lowest BCUT2D eigenvalue weighted by atomic mass is 10.0. The minimum atomic E-state index is 0.449. The number of hydrogen-bond acceptors (Lipinski definition) is 2. The summed E-state index contributed by atoms with van der Waals surface area (Å²) in [5, 5.41) is 1.44. The van der Waals surface area contributed by atoms with Crippen molar-refractivity contribution in [1.82, 2.24) is 10.9 Å². The molecule has 0 aromatic heterocycles. The summed E-state index contributed by atoms with van der Waals surface area (Å²) in [5.41, 5.74) is 7.30. The van der Waals surface area contributed by atoms with E-state index < -0.39 is 0 Å². The van der Waals surface area contributed by atoms with E-state index in [1.165, 1.54) is 0 Å². The van der Waals surface area contributed by atoms with E-state index in [0.29, 0.717) is 10.9 Å². The average molecular weight is 217 g/mol. The minimum Gasteiger partial charge on any atom is -0.257 e. The molecular weight excluding hydrogens is 207 g/mol. The van der Waals surface area contributed by atoms with Crippen molar-refractivity contribution in [2.45, 2.75) is 5.92 Å². The van der Waals surface area contributed by atoms with E-state index in [1.807, 2.05) is 12.1 Å². The van der Waals surface area contributed by atoms with Gasteiger partial charge >= 0.3 is 0 Å². The molecule has 1 aromatic rings. The first-order chi connectivity index (χ1) is 6.27. The van der Waals surface area contributed by atoms with Gasteiger partial charge in [-0.05, 0) is 17.7 Å². The van der Waals surface area contributed by atoms with Crippen molar-refractivity contribution in [3.63, 3.8) is 0 Å². The molecule has 1 saturated heterocycles. The number of hydrogen-bond donors (Lipinski definition) is 2. The maximum atomic E-state index is 6.07. The Hall–Kier alpha value is -0.280. The Morgan fingerprint density at radius 1 is 1.15 bits per heavy atom. The van der Waals surface area contributed by atoms with Gasteiger partial charge in [0.25, 0.3) is 0 Å². The molecule has 0 atom stereocenters. The summed E-state index contributed by atoms with van der Waals surface area (Å²) in [4.78, 5) is 0. The van der Waals surface area contributed by atoms with Gasteiger partial charge in [-0.25, -0.2) is 0 Å². The van der Waals surface area contributed by atoms with Gasteiger partial charge in [-0.2, -0.15) is 0 Å². The molecule has 0 aliphatic carbocycles. The first-order valence-electron chi connectivity index (χ1n) is 4.18. The molecule has 0 radical (unpaired) electrons. The van der Waals surface area contributed by atoms with Gasteiger partial charge in [0.15, 0.2) is 0 Å². The summed E-state index contributed by atoms with van der Waals surface area (Å²) in [6, 6.07) is 5.65. The third kappa shape index (κ3) is 1.97. The highest BCUT2D eigenvalue weighted by atomic mass is 35.5. The van der Waals surface area contributed by atoms with Crippen molar-refractivity contribution in [2.24, 2.45) is 0 Å². The molecule has 0 spiro atoms. The van der Waals surface area contributed by atoms with Crippen LogP contribution in [0.25, 0.3) is 0 Å². The minimum absolute atomic E-state index is 0.449. The van der Waals surface area contributed by atoms with Gasteiger partial charge in [0, 0.05) is 29.1 Å². The van der Waals surface area contributed by atoms with Crippen LogP contribution in [0.1, 0.15) is 11.5 Å². The second-order valence-electron chi connectivity index (χ2n) is 3.12. The fraction of sp³-hybridized carbons (Fsp3) is 0.333. The molecule has 1 heterocycles. The summed E-state index contributed by atoms with van der Waals surface area (Å²) >= 11 is 11.9. The topological polar surface area (TPSA) is 24.1 Å². The van der Waals surface area contributed by atoms with E-state index in [4.69, 9.17) is 23.2 Å². The van der Waals surface area contributed by atoms with Crippen molar-refractivity contribution in [3.8, 4) is 0 Å². The van der Waals surface area contributed by atoms with E-state index in [-0.39, 0.29) is 0 Å². The average Bonchev–Trinajstić information content (AvgIpc) is 2.56. The van der Waals surface area contributed by atoms with Crippen LogP contribution in [0.4, 0.5) is 0 Å². The van der Waals surface area contributed by atoms with Crippen molar-refractivity contribution in [1.29, 1.82) is 0 Å². The fourth-order valence-electron chi connectivity index (χ4n) is 1.52. The summed E-state index contributed by atoms with van der Waals surface area (Å²) < 4.78 is 0. The van der Waals surface area contributed by atoms with Gasteiger partial charge in [0.2, 0.25) is 0 Å². The summed E-state index contributed by atoms with van der Waals surface area (Å²) in [6.07, 6.45) is 0. The molecule has 2 nitrogen and oxygen atoms in total. The summed E-state index contributed by atoms with van der Waals surface area (Å²) in [6.45, 7) is 1.84. The molecule has 1 aliphatic heterocycles. The van der Waals surface area contributed by atoms with E-state index >= 15 is 0 Å². The number of nitrogens with one attached hydrogen (secondary N) is 2. The van der Waals surface area contributed by atoms with Crippen LogP contribution in [0.15, 0.2) is 18.2 Å². The number of benzene rings is 1. The Bertz CT molecular complexity index is 308. The highest BCUT2D eigenvalue weighted by Gasteiger charge is 2.18. The molecule has 0 amide bonds. The lowest BCUT2D eigenvalue weighted by molar-refractivity contribution is 0.689. The molecule has 0 unspecified atom stereocenters. The maximum Gasteiger partial charge on any atom is 0.0456 e. The Kier molecular flexibility index (Phi) is 2.74. The molecule has 0 bridgehead atoms. The Labute approximate surface area is 87.2 Å². The second-order valence-corrected chi connectivity index (χ2v) is 3.97. The SMILES string of the molecule is Clc1ccc(C2CNNC2)c(Cl)c1. The Balaban J connectivity index is 2.29. The van der Waals surface area contributed by atoms with Gasteiger partial charge in [-0.3, -0.25) is 10.9 Å². The van der Waals surface area contributed by atoms with Gasteiger partial charge in [0.1, 0.15) is 0 Å². The van der Waals surface area contributed by atoms with Crippen LogP contribution >= 0.6 is 23.2 Å². The van der Waals surface area contributed by atoms with Gasteiger partial charge in [-0.15, -0.1) is 0 Å². The molecule has 1 aromatic carbocycles. The molecule has 70 valence electrons. The monoisotopic (exact) mass is 216 g/mol. The largest absolute Gasteiger partial charge is 0.257 e. The van der Waals surface area contributed by atoms with Crippen LogP contribution in [-0.4, -0.2) is 13.1 Å². The van der Waals surface area contributed by atoms with Crippen LogP contribution in [0.2, 0.25) is 10.0 Å². The molecule has 13 heavy (non-hydrogen) atoms. The van der Waals surface area contributed by atoms with Crippen molar-refractivity contribution in [2.75, 3.05) is 13.1 Å². The third-order valence-corrected chi connectivity index (χ3v) is 2.79. The van der Waals surface area contributed by atoms with E-state index in [9.17, 15) is 0 Å². The standard InChI is InChI=1S/C9H10Cl2N2/c10-7-1-2-8(9(11)3-7)6-4-12-13-5-6/h1-3,6,12-13H,4-5H2. The van der Waals surface area contributed by atoms with E-state index in [1.54, 1.807) is 6.07 Å². The molecule has 2 N–H and O–H groups in total. The van der Waals surface area contributed by atoms with Crippen LogP contribution in [0.3, 0.4) is 0 Å². The van der Waals surface area contributed by atoms with Crippen molar-refractivity contribution < 1.29 is 0 Å². The van der Waals surface area contributed by atoms with E-state index in [0.717, 1.165) is 23.7 Å². The van der Waals surface area contributed by atoms with Gasteiger partial charge in [0.05, 0.1) is 0 Å². The molecule has 1 aliphatic rings. The number of halogens is 2. The smallest absolute Gasteiger partial charge is 0.0456 e. The lowest BCUT2D eigenvalue weighted by Gasteiger charge is -2.09. The van der Waals surface area contributed by atoms with Crippen LogP contribution < -0.4 is 10.9 Å². The number of hydrazine groups is 1. The fourth-order valence-corrected chi connectivity index (χ4v) is 2.08. The zero-order valence-electron chi connectivity index (χ0n) is 6.98. The number of rotatable bonds is 1. The highest BCUT2D eigenvalue weighted by molar-refractivity contribution is 6.35. The maximum absolute atomic E-state index is 6.07. The van der Waals surface area contributed by atoms with Crippen LogP contribution in [0.5, 0.6) is 0 Å². The predicted octanol–water partition coefficient (Wildman–Crippen LogP) is 2.18. The molecular formula is C9H10Cl2N2. The summed E-state index contributed by atoms with van der Waals surface area (Å²) in [5.74, 6) is 0.449. The van der Waals surface area contributed by atoms with Crippen LogP contribution in [0, 0.1) is 0 Å². The first-order valence-corrected chi connectivity index (χ1v) is 4.93. The molecule has 2 rings (SSSR count). The second kappa shape index (κ2) is 3.84. The van der Waals surface area contributed by atoms with Crippen LogP contribution in [-0.2, 0) is 0 Å². The Morgan fingerprint density at radius 3 is 2.46 bits per heavy atom. The molecule has 0 saturated carbocycles. The zero-order chi connectivity index (χ0) is 9.26. The Morgan fingerprint density at radius 2 is 1.85 bits per heavy atom. The first kappa shape index (κ1) is 9.28. The van der Waals surface area contributed by atoms with Gasteiger partial charge in [-0.1, -0.05) is 29.3 Å². The molecule has 4 heteroatoms. The third-order valence-electron chi connectivity index (χ3n) is 2.22. The van der Waals surface area contributed by atoms with E-state index in [2.05, 4.69) is 10.9 Å². The van der Waals surface area contributed by atoms with Crippen molar-refractivity contribution >= 4 is 23.2 Å². The van der Waals surface area contributed by atoms with Crippen molar-refractivity contribution in [3.05, 3.63) is 33.8 Å². The summed E-state index contributed by atoms with van der Waals surface area (Å²) in [7, 11) is 0. The highest BCUT2D eigenvalue weighted by Crippen LogP contribution is 2.27. The van der Waals surface area contributed by atoms with Gasteiger partial charge < -0.3 is 0 Å². The lowest BCUT2D eigenvalue weighted by Crippen LogP contribution is -2.21. The molecule has 1 fully saturated rings. The quantitative estimate of drug-likeness (QED) is 0.753. The normalized spacial score (nSPS) is 18.0. The zero-order valence-corrected chi connectivity index (χ0v) is 8.49.